The summed E-state index contributed by atoms with van der Waals surface area (Å²) in [5.74, 6) is -2.40. The molecule has 1 aliphatic carbocycles. The summed E-state index contributed by atoms with van der Waals surface area (Å²) in [6.07, 6.45) is -3.67. The number of carboxylic acids is 2. The predicted molar refractivity (Wildman–Crippen MR) is 85.0 cm³/mol. The molecular formula is C14H27N3O8. The van der Waals surface area contributed by atoms with Crippen LogP contribution in [0.3, 0.4) is 0 Å². The summed E-state index contributed by atoms with van der Waals surface area (Å²) >= 11 is 0. The zero-order valence-corrected chi connectivity index (χ0v) is 13.9. The highest BCUT2D eigenvalue weighted by Crippen LogP contribution is 2.22. The van der Waals surface area contributed by atoms with Gasteiger partial charge in [-0.15, -0.1) is 0 Å². The smallest absolute Gasteiger partial charge is 0.317 e. The molecule has 0 bridgehead atoms. The average Bonchev–Trinajstić information content (AvgIpc) is 2.54. The zero-order valence-electron chi connectivity index (χ0n) is 13.9. The lowest BCUT2D eigenvalue weighted by Gasteiger charge is -2.47. The normalized spacial score (nSPS) is 33.8. The van der Waals surface area contributed by atoms with Crippen LogP contribution in [0, 0.1) is 0 Å². The number of nitrogens with one attached hydrogen (secondary N) is 3. The minimum absolute atomic E-state index is 0.255. The van der Waals surface area contributed by atoms with Crippen LogP contribution in [-0.4, -0.2) is 105 Å². The van der Waals surface area contributed by atoms with Crippen molar-refractivity contribution in [3.63, 3.8) is 0 Å². The van der Waals surface area contributed by atoms with Crippen molar-refractivity contribution in [2.75, 3.05) is 19.7 Å². The second kappa shape index (κ2) is 9.97. The number of aliphatic hydroxyl groups is 4. The van der Waals surface area contributed by atoms with Gasteiger partial charge in [0.25, 0.3) is 0 Å². The van der Waals surface area contributed by atoms with E-state index < -0.39 is 67.5 Å². The molecular weight excluding hydrogens is 338 g/mol. The molecule has 11 nitrogen and oxygen atoms in total. The third-order valence-corrected chi connectivity index (χ3v) is 4.33. The SMILES string of the molecule is CCC(CO)NC1[C@@H](O)[C@@H](NCC(=O)O)C(O)[C@@H](NCC(=O)O)[C@H]1O. The zero-order chi connectivity index (χ0) is 19.1. The highest BCUT2D eigenvalue weighted by Gasteiger charge is 2.49. The summed E-state index contributed by atoms with van der Waals surface area (Å²) in [4.78, 5) is 21.5. The van der Waals surface area contributed by atoms with Crippen molar-refractivity contribution in [2.24, 2.45) is 0 Å². The van der Waals surface area contributed by atoms with E-state index in [2.05, 4.69) is 16.0 Å². The summed E-state index contributed by atoms with van der Waals surface area (Å²) in [5, 5.41) is 66.0. The van der Waals surface area contributed by atoms with Crippen LogP contribution in [0.5, 0.6) is 0 Å². The lowest BCUT2D eigenvalue weighted by Crippen LogP contribution is -2.74. The Morgan fingerprint density at radius 3 is 1.60 bits per heavy atom. The van der Waals surface area contributed by atoms with Crippen molar-refractivity contribution in [1.29, 1.82) is 0 Å². The van der Waals surface area contributed by atoms with Crippen LogP contribution >= 0.6 is 0 Å². The number of rotatable bonds is 10. The summed E-state index contributed by atoms with van der Waals surface area (Å²) in [6.45, 7) is 0.453. The first-order valence-electron chi connectivity index (χ1n) is 8.04. The molecule has 1 fully saturated rings. The largest absolute Gasteiger partial charge is 0.480 e. The highest BCUT2D eigenvalue weighted by atomic mass is 16.4. The second-order valence-electron chi connectivity index (χ2n) is 6.05. The monoisotopic (exact) mass is 365 g/mol. The molecule has 1 rings (SSSR count). The van der Waals surface area contributed by atoms with Crippen LogP contribution in [0.15, 0.2) is 0 Å². The van der Waals surface area contributed by atoms with Gasteiger partial charge in [-0.25, -0.2) is 0 Å². The summed E-state index contributed by atoms with van der Waals surface area (Å²) < 4.78 is 0. The van der Waals surface area contributed by atoms with E-state index >= 15 is 0 Å². The molecule has 11 heteroatoms. The molecule has 0 heterocycles. The molecule has 0 saturated heterocycles. The maximum absolute atomic E-state index is 10.8. The van der Waals surface area contributed by atoms with Gasteiger partial charge in [0.15, 0.2) is 0 Å². The lowest BCUT2D eigenvalue weighted by molar-refractivity contribution is -0.138. The number of carboxylic acid groups (broad SMARTS) is 2. The third-order valence-electron chi connectivity index (χ3n) is 4.33. The van der Waals surface area contributed by atoms with Gasteiger partial charge in [-0.1, -0.05) is 6.92 Å². The Kier molecular flexibility index (Phi) is 8.65. The Morgan fingerprint density at radius 2 is 1.28 bits per heavy atom. The molecule has 9 N–H and O–H groups in total. The Bertz CT molecular complexity index is 416. The minimum Gasteiger partial charge on any atom is -0.480 e. The number of carbonyl (C=O) groups is 2. The van der Waals surface area contributed by atoms with Crippen molar-refractivity contribution in [3.8, 4) is 0 Å². The first kappa shape index (κ1) is 21.7. The number of hydrogen-bond donors (Lipinski definition) is 9. The van der Waals surface area contributed by atoms with E-state index in [9.17, 15) is 30.0 Å². The lowest BCUT2D eigenvalue weighted by atomic mass is 9.79. The highest BCUT2D eigenvalue weighted by molar-refractivity contribution is 5.69. The first-order chi connectivity index (χ1) is 11.7. The molecule has 0 aromatic rings. The molecule has 0 aromatic heterocycles. The standard InChI is InChI=1S/C14H27N3O8/c1-2-6(5-18)17-11-13(24)9(15-3-7(19)20)12(23)10(14(11)25)16-4-8(21)22/h6,9-18,23-25H,2-5H2,1H3,(H,19,20)(H,21,22)/t6?,9-,10+,11?,12?,13-,14+. The molecule has 0 radical (unpaired) electrons. The van der Waals surface area contributed by atoms with E-state index in [0.717, 1.165) is 0 Å². The van der Waals surface area contributed by atoms with Gasteiger partial charge in [0.2, 0.25) is 0 Å². The van der Waals surface area contributed by atoms with Crippen molar-refractivity contribution in [2.45, 2.75) is 55.8 Å². The van der Waals surface area contributed by atoms with Crippen molar-refractivity contribution >= 4 is 11.9 Å². The van der Waals surface area contributed by atoms with Crippen LogP contribution in [0.2, 0.25) is 0 Å². The van der Waals surface area contributed by atoms with Gasteiger partial charge < -0.3 is 36.0 Å². The topological polar surface area (TPSA) is 192 Å². The van der Waals surface area contributed by atoms with Crippen molar-refractivity contribution in [3.05, 3.63) is 0 Å². The van der Waals surface area contributed by atoms with E-state index in [0.29, 0.717) is 6.42 Å². The van der Waals surface area contributed by atoms with Crippen molar-refractivity contribution < 1.29 is 40.2 Å². The van der Waals surface area contributed by atoms with Crippen LogP contribution in [-0.2, 0) is 9.59 Å². The Hall–Kier alpha value is -1.34. The van der Waals surface area contributed by atoms with Crippen LogP contribution in [0.4, 0.5) is 0 Å². The summed E-state index contributed by atoms with van der Waals surface area (Å²) in [6, 6.07) is -3.71. The van der Waals surface area contributed by atoms with Crippen LogP contribution in [0.1, 0.15) is 13.3 Å². The number of aliphatic hydroxyl groups excluding tert-OH is 4. The van der Waals surface area contributed by atoms with Gasteiger partial charge in [-0.3, -0.25) is 20.2 Å². The molecule has 1 saturated carbocycles. The van der Waals surface area contributed by atoms with E-state index in [4.69, 9.17) is 10.2 Å². The van der Waals surface area contributed by atoms with Crippen LogP contribution < -0.4 is 16.0 Å². The van der Waals surface area contributed by atoms with E-state index in [1.54, 1.807) is 6.92 Å². The molecule has 1 aliphatic rings. The quantitative estimate of drug-likeness (QED) is 0.183. The van der Waals surface area contributed by atoms with Gasteiger partial charge in [-0.05, 0) is 6.42 Å². The summed E-state index contributed by atoms with van der Waals surface area (Å²) in [5.41, 5.74) is 0. The van der Waals surface area contributed by atoms with Crippen LogP contribution in [0.25, 0.3) is 0 Å². The van der Waals surface area contributed by atoms with E-state index in [1.165, 1.54) is 0 Å². The Labute approximate surface area is 144 Å². The molecule has 0 aliphatic heterocycles. The van der Waals surface area contributed by atoms with E-state index in [-0.39, 0.29) is 6.61 Å². The fraction of sp³-hybridized carbons (Fsp3) is 0.857. The fourth-order valence-electron chi connectivity index (χ4n) is 2.94. The minimum atomic E-state index is -1.43. The molecule has 3 unspecified atom stereocenters. The first-order valence-corrected chi connectivity index (χ1v) is 8.04. The maximum atomic E-state index is 10.8. The molecule has 146 valence electrons. The van der Waals surface area contributed by atoms with Gasteiger partial charge in [0.05, 0.1) is 56.1 Å². The molecule has 0 spiro atoms. The fourth-order valence-corrected chi connectivity index (χ4v) is 2.94. The molecule has 25 heavy (non-hydrogen) atoms. The molecule has 7 atom stereocenters. The summed E-state index contributed by atoms with van der Waals surface area (Å²) in [7, 11) is 0. The Balaban J connectivity index is 2.99. The average molecular weight is 365 g/mol. The van der Waals surface area contributed by atoms with Gasteiger partial charge in [-0.2, -0.15) is 0 Å². The van der Waals surface area contributed by atoms with Gasteiger partial charge in [0, 0.05) is 6.04 Å². The molecule has 0 aromatic carbocycles. The van der Waals surface area contributed by atoms with Gasteiger partial charge >= 0.3 is 11.9 Å². The Morgan fingerprint density at radius 1 is 0.880 bits per heavy atom. The maximum Gasteiger partial charge on any atom is 0.317 e. The second-order valence-corrected chi connectivity index (χ2v) is 6.05. The number of hydrogen-bond acceptors (Lipinski definition) is 9. The third kappa shape index (κ3) is 5.85. The van der Waals surface area contributed by atoms with Gasteiger partial charge in [0.1, 0.15) is 0 Å². The predicted octanol–water partition coefficient (Wildman–Crippen LogP) is -4.10. The number of aliphatic carboxylic acids is 2. The van der Waals surface area contributed by atoms with Crippen molar-refractivity contribution in [1.82, 2.24) is 16.0 Å². The molecule has 0 amide bonds. The van der Waals surface area contributed by atoms with E-state index in [1.807, 2.05) is 0 Å².